The summed E-state index contributed by atoms with van der Waals surface area (Å²) in [6.07, 6.45) is 0. The Kier molecular flexibility index (Phi) is 4.63. The molecule has 0 saturated carbocycles. The first kappa shape index (κ1) is 15.5. The lowest BCUT2D eigenvalue weighted by atomic mass is 9.87. The average Bonchev–Trinajstić information content (AvgIpc) is 2.79. The van der Waals surface area contributed by atoms with Gasteiger partial charge in [-0.15, -0.1) is 5.10 Å². The van der Waals surface area contributed by atoms with Gasteiger partial charge in [-0.05, 0) is 30.0 Å². The van der Waals surface area contributed by atoms with Crippen LogP contribution in [0.25, 0.3) is 0 Å². The lowest BCUT2D eigenvalue weighted by Gasteiger charge is -2.19. The largest absolute Gasteiger partial charge is 0.492 e. The van der Waals surface area contributed by atoms with Gasteiger partial charge in [-0.3, -0.25) is 0 Å². The third-order valence-corrected chi connectivity index (χ3v) is 3.52. The molecule has 1 aromatic carbocycles. The minimum absolute atomic E-state index is 0.0824. The van der Waals surface area contributed by atoms with Gasteiger partial charge in [0.2, 0.25) is 0 Å². The molecular formula is C16H23N3O2. The Hall–Kier alpha value is -1.88. The van der Waals surface area contributed by atoms with E-state index in [9.17, 15) is 0 Å². The smallest absolute Gasteiger partial charge is 0.119 e. The second kappa shape index (κ2) is 6.26. The van der Waals surface area contributed by atoms with E-state index in [1.807, 2.05) is 19.1 Å². The zero-order chi connectivity index (χ0) is 15.5. The number of rotatable bonds is 5. The van der Waals surface area contributed by atoms with Crippen molar-refractivity contribution in [1.82, 2.24) is 15.0 Å². The maximum atomic E-state index is 9.08. The molecule has 5 nitrogen and oxygen atoms in total. The molecule has 114 valence electrons. The summed E-state index contributed by atoms with van der Waals surface area (Å²) in [7, 11) is 0. The van der Waals surface area contributed by atoms with Crippen LogP contribution in [0.4, 0.5) is 0 Å². The number of hydrogen-bond acceptors (Lipinski definition) is 4. The van der Waals surface area contributed by atoms with Crippen molar-refractivity contribution in [2.45, 2.75) is 46.3 Å². The fourth-order valence-corrected chi connectivity index (χ4v) is 2.06. The van der Waals surface area contributed by atoms with Crippen LogP contribution < -0.4 is 4.74 Å². The Morgan fingerprint density at radius 1 is 1.19 bits per heavy atom. The van der Waals surface area contributed by atoms with Crippen LogP contribution in [-0.4, -0.2) is 26.7 Å². The first-order valence-electron chi connectivity index (χ1n) is 7.15. The number of benzene rings is 1. The van der Waals surface area contributed by atoms with Crippen LogP contribution in [0.3, 0.4) is 0 Å². The normalized spacial score (nSPS) is 11.7. The third kappa shape index (κ3) is 3.82. The van der Waals surface area contributed by atoms with Crippen molar-refractivity contribution in [1.29, 1.82) is 0 Å². The number of aliphatic hydroxyl groups excluding tert-OH is 1. The summed E-state index contributed by atoms with van der Waals surface area (Å²) < 4.78 is 7.47. The second-order valence-corrected chi connectivity index (χ2v) is 6.13. The summed E-state index contributed by atoms with van der Waals surface area (Å²) >= 11 is 0. The van der Waals surface area contributed by atoms with Gasteiger partial charge < -0.3 is 9.84 Å². The third-order valence-electron chi connectivity index (χ3n) is 3.52. The summed E-state index contributed by atoms with van der Waals surface area (Å²) in [6.45, 7) is 9.51. The quantitative estimate of drug-likeness (QED) is 0.918. The molecule has 0 unspecified atom stereocenters. The molecule has 0 saturated heterocycles. The van der Waals surface area contributed by atoms with E-state index in [2.05, 4.69) is 43.2 Å². The predicted molar refractivity (Wildman–Crippen MR) is 81.3 cm³/mol. The standard InChI is InChI=1S/C16H23N3O2/c1-12-15(11-20)17-18-19(12)9-10-21-14-7-5-13(6-8-14)16(2,3)4/h5-8,20H,9-11H2,1-4H3. The van der Waals surface area contributed by atoms with Gasteiger partial charge in [0.1, 0.15) is 18.1 Å². The van der Waals surface area contributed by atoms with Gasteiger partial charge in [0.05, 0.1) is 18.8 Å². The highest BCUT2D eigenvalue weighted by atomic mass is 16.5. The van der Waals surface area contributed by atoms with Gasteiger partial charge in [-0.1, -0.05) is 38.1 Å². The van der Waals surface area contributed by atoms with Crippen LogP contribution in [0.2, 0.25) is 0 Å². The van der Waals surface area contributed by atoms with Crippen molar-refractivity contribution in [2.75, 3.05) is 6.61 Å². The van der Waals surface area contributed by atoms with Gasteiger partial charge in [-0.25, -0.2) is 4.68 Å². The number of nitrogens with zero attached hydrogens (tertiary/aromatic N) is 3. The molecule has 1 N–H and O–H groups in total. The Bertz CT molecular complexity index is 583. The number of aromatic nitrogens is 3. The second-order valence-electron chi connectivity index (χ2n) is 6.13. The van der Waals surface area contributed by atoms with Crippen LogP contribution in [0.15, 0.2) is 24.3 Å². The lowest BCUT2D eigenvalue weighted by Crippen LogP contribution is -2.12. The van der Waals surface area contributed by atoms with Gasteiger partial charge in [0.15, 0.2) is 0 Å². The molecule has 0 fully saturated rings. The van der Waals surface area contributed by atoms with Crippen molar-refractivity contribution in [3.05, 3.63) is 41.2 Å². The molecule has 0 atom stereocenters. The van der Waals surface area contributed by atoms with Crippen molar-refractivity contribution < 1.29 is 9.84 Å². The Balaban J connectivity index is 1.90. The molecule has 1 heterocycles. The zero-order valence-electron chi connectivity index (χ0n) is 13.1. The topological polar surface area (TPSA) is 60.2 Å². The molecule has 0 radical (unpaired) electrons. The van der Waals surface area contributed by atoms with Crippen LogP contribution in [-0.2, 0) is 18.6 Å². The van der Waals surface area contributed by atoms with E-state index < -0.39 is 0 Å². The number of hydrogen-bond donors (Lipinski definition) is 1. The Morgan fingerprint density at radius 3 is 2.38 bits per heavy atom. The van der Waals surface area contributed by atoms with Gasteiger partial charge in [0, 0.05) is 0 Å². The highest BCUT2D eigenvalue weighted by molar-refractivity contribution is 5.31. The summed E-state index contributed by atoms with van der Waals surface area (Å²) in [5, 5.41) is 17.0. The van der Waals surface area contributed by atoms with E-state index in [0.29, 0.717) is 18.8 Å². The Morgan fingerprint density at radius 2 is 1.86 bits per heavy atom. The molecule has 0 spiro atoms. The average molecular weight is 289 g/mol. The summed E-state index contributed by atoms with van der Waals surface area (Å²) in [6, 6.07) is 8.18. The minimum atomic E-state index is -0.0824. The lowest BCUT2D eigenvalue weighted by molar-refractivity contribution is 0.275. The maximum absolute atomic E-state index is 9.08. The molecule has 2 rings (SSSR count). The van der Waals surface area contributed by atoms with Crippen molar-refractivity contribution in [3.63, 3.8) is 0 Å². The molecule has 0 aliphatic carbocycles. The van der Waals surface area contributed by atoms with Gasteiger partial charge >= 0.3 is 0 Å². The highest BCUT2D eigenvalue weighted by Crippen LogP contribution is 2.24. The summed E-state index contributed by atoms with van der Waals surface area (Å²) in [4.78, 5) is 0. The highest BCUT2D eigenvalue weighted by Gasteiger charge is 2.13. The Labute approximate surface area is 125 Å². The number of aliphatic hydroxyl groups is 1. The van der Waals surface area contributed by atoms with E-state index >= 15 is 0 Å². The van der Waals surface area contributed by atoms with Crippen molar-refractivity contribution >= 4 is 0 Å². The van der Waals surface area contributed by atoms with Crippen LogP contribution in [0.5, 0.6) is 5.75 Å². The molecule has 0 amide bonds. The molecule has 0 aliphatic heterocycles. The fourth-order valence-electron chi connectivity index (χ4n) is 2.06. The first-order chi connectivity index (χ1) is 9.91. The molecule has 5 heteroatoms. The van der Waals surface area contributed by atoms with Gasteiger partial charge in [0.25, 0.3) is 0 Å². The number of ether oxygens (including phenoxy) is 1. The zero-order valence-corrected chi connectivity index (χ0v) is 13.1. The SMILES string of the molecule is Cc1c(CO)nnn1CCOc1ccc(C(C)(C)C)cc1. The van der Waals surface area contributed by atoms with E-state index in [1.54, 1.807) is 4.68 Å². The fraction of sp³-hybridized carbons (Fsp3) is 0.500. The molecule has 0 aliphatic rings. The van der Waals surface area contributed by atoms with Gasteiger partial charge in [-0.2, -0.15) is 0 Å². The van der Waals surface area contributed by atoms with Crippen molar-refractivity contribution in [2.24, 2.45) is 0 Å². The van der Waals surface area contributed by atoms with E-state index in [1.165, 1.54) is 5.56 Å². The molecule has 0 bridgehead atoms. The monoisotopic (exact) mass is 289 g/mol. The summed E-state index contributed by atoms with van der Waals surface area (Å²) in [5.41, 5.74) is 2.93. The molecular weight excluding hydrogens is 266 g/mol. The van der Waals surface area contributed by atoms with Crippen LogP contribution >= 0.6 is 0 Å². The van der Waals surface area contributed by atoms with E-state index in [4.69, 9.17) is 9.84 Å². The molecule has 2 aromatic rings. The first-order valence-corrected chi connectivity index (χ1v) is 7.15. The van der Waals surface area contributed by atoms with Crippen LogP contribution in [0.1, 0.15) is 37.7 Å². The van der Waals surface area contributed by atoms with E-state index in [-0.39, 0.29) is 12.0 Å². The van der Waals surface area contributed by atoms with E-state index in [0.717, 1.165) is 11.4 Å². The van der Waals surface area contributed by atoms with Crippen molar-refractivity contribution in [3.8, 4) is 5.75 Å². The van der Waals surface area contributed by atoms with Crippen LogP contribution in [0, 0.1) is 6.92 Å². The predicted octanol–water partition coefficient (Wildman–Crippen LogP) is 2.46. The minimum Gasteiger partial charge on any atom is -0.492 e. The maximum Gasteiger partial charge on any atom is 0.119 e. The molecule has 21 heavy (non-hydrogen) atoms. The molecule has 1 aromatic heterocycles. The summed E-state index contributed by atoms with van der Waals surface area (Å²) in [5.74, 6) is 0.850.